The van der Waals surface area contributed by atoms with Gasteiger partial charge >= 0.3 is 0 Å². The Bertz CT molecular complexity index is 188. The standard InChI is InChI=1S/C9H15Cl2NO/c1-9(3-2-4-13-9)7-12-6-8(11)5-10/h5,12H,2-4,6-7H2,1H3. The van der Waals surface area contributed by atoms with Crippen LogP contribution >= 0.6 is 23.2 Å². The summed E-state index contributed by atoms with van der Waals surface area (Å²) < 4.78 is 5.60. The van der Waals surface area contributed by atoms with Gasteiger partial charge in [0.05, 0.1) is 5.60 Å². The monoisotopic (exact) mass is 223 g/mol. The van der Waals surface area contributed by atoms with Gasteiger partial charge in [0.1, 0.15) is 0 Å². The van der Waals surface area contributed by atoms with Gasteiger partial charge in [-0.25, -0.2) is 0 Å². The van der Waals surface area contributed by atoms with Gasteiger partial charge in [-0.2, -0.15) is 0 Å². The third-order valence-corrected chi connectivity index (χ3v) is 2.83. The van der Waals surface area contributed by atoms with Gasteiger partial charge < -0.3 is 10.1 Å². The summed E-state index contributed by atoms with van der Waals surface area (Å²) in [6.45, 7) is 4.43. The third-order valence-electron chi connectivity index (χ3n) is 2.21. The Hall–Kier alpha value is 0.240. The van der Waals surface area contributed by atoms with E-state index in [4.69, 9.17) is 27.9 Å². The lowest BCUT2D eigenvalue weighted by Crippen LogP contribution is -2.37. The lowest BCUT2D eigenvalue weighted by Gasteiger charge is -2.23. The van der Waals surface area contributed by atoms with E-state index >= 15 is 0 Å². The molecule has 0 bridgehead atoms. The van der Waals surface area contributed by atoms with Gasteiger partial charge in [-0.1, -0.05) is 23.2 Å². The zero-order chi connectivity index (χ0) is 9.73. The van der Waals surface area contributed by atoms with Gasteiger partial charge in [0.25, 0.3) is 0 Å². The van der Waals surface area contributed by atoms with E-state index < -0.39 is 0 Å². The lowest BCUT2D eigenvalue weighted by molar-refractivity contribution is 0.0216. The molecule has 2 nitrogen and oxygen atoms in total. The number of rotatable bonds is 4. The van der Waals surface area contributed by atoms with Crippen LogP contribution in [0, 0.1) is 0 Å². The second-order valence-corrected chi connectivity index (χ2v) is 4.27. The number of hydrogen-bond donors (Lipinski definition) is 1. The van der Waals surface area contributed by atoms with Crippen molar-refractivity contribution in [2.24, 2.45) is 0 Å². The number of ether oxygens (including phenoxy) is 1. The van der Waals surface area contributed by atoms with Crippen LogP contribution in [0.25, 0.3) is 0 Å². The highest BCUT2D eigenvalue weighted by Gasteiger charge is 2.28. The van der Waals surface area contributed by atoms with Crippen LogP contribution in [0.15, 0.2) is 10.6 Å². The molecule has 1 atom stereocenters. The highest BCUT2D eigenvalue weighted by atomic mass is 35.5. The average Bonchev–Trinajstić information content (AvgIpc) is 2.52. The van der Waals surface area contributed by atoms with Crippen molar-refractivity contribution in [2.75, 3.05) is 19.7 Å². The summed E-state index contributed by atoms with van der Waals surface area (Å²) in [5, 5.41) is 3.84. The highest BCUT2D eigenvalue weighted by molar-refractivity contribution is 6.36. The molecule has 4 heteroatoms. The Labute approximate surface area is 89.2 Å². The van der Waals surface area contributed by atoms with Crippen LogP contribution in [-0.2, 0) is 4.74 Å². The first-order valence-corrected chi connectivity index (χ1v) is 5.27. The predicted octanol–water partition coefficient (Wildman–Crippen LogP) is 2.46. The van der Waals surface area contributed by atoms with Crippen LogP contribution in [0.3, 0.4) is 0 Å². The third kappa shape index (κ3) is 3.86. The van der Waals surface area contributed by atoms with E-state index in [2.05, 4.69) is 12.2 Å². The first kappa shape index (κ1) is 11.3. The summed E-state index contributed by atoms with van der Waals surface area (Å²) in [5.41, 5.74) is 1.37. The van der Waals surface area contributed by atoms with Crippen molar-refractivity contribution in [2.45, 2.75) is 25.4 Å². The van der Waals surface area contributed by atoms with E-state index in [0.29, 0.717) is 11.6 Å². The van der Waals surface area contributed by atoms with Crippen molar-refractivity contribution in [1.82, 2.24) is 5.32 Å². The Morgan fingerprint density at radius 3 is 3.00 bits per heavy atom. The van der Waals surface area contributed by atoms with E-state index in [1.165, 1.54) is 5.54 Å². The fourth-order valence-corrected chi connectivity index (χ4v) is 1.63. The first-order chi connectivity index (χ1) is 6.16. The molecule has 0 aromatic heterocycles. The maximum atomic E-state index is 5.72. The van der Waals surface area contributed by atoms with Crippen LogP contribution in [-0.4, -0.2) is 25.3 Å². The van der Waals surface area contributed by atoms with Gasteiger partial charge in [-0.15, -0.1) is 0 Å². The second-order valence-electron chi connectivity index (χ2n) is 3.56. The second kappa shape index (κ2) is 5.20. The maximum absolute atomic E-state index is 5.72. The molecule has 0 saturated carbocycles. The summed E-state index contributed by atoms with van der Waals surface area (Å²) in [5.74, 6) is 0. The lowest BCUT2D eigenvalue weighted by atomic mass is 10.0. The molecular weight excluding hydrogens is 209 g/mol. The van der Waals surface area contributed by atoms with Crippen molar-refractivity contribution in [3.8, 4) is 0 Å². The first-order valence-electron chi connectivity index (χ1n) is 4.46. The molecule has 1 aliphatic heterocycles. The SMILES string of the molecule is CC1(CNCC(Cl)=CCl)CCCO1. The van der Waals surface area contributed by atoms with Gasteiger partial charge in [-0.05, 0) is 19.8 Å². The van der Waals surface area contributed by atoms with Crippen LogP contribution < -0.4 is 5.32 Å². The summed E-state index contributed by atoms with van der Waals surface area (Å²) in [6, 6.07) is 0. The minimum atomic E-state index is -0.0104. The van der Waals surface area contributed by atoms with Crippen LogP contribution in [0.5, 0.6) is 0 Å². The summed E-state index contributed by atoms with van der Waals surface area (Å²) in [6.07, 6.45) is 2.26. The summed E-state index contributed by atoms with van der Waals surface area (Å²) in [7, 11) is 0. The Balaban J connectivity index is 2.18. The molecule has 0 radical (unpaired) electrons. The molecule has 13 heavy (non-hydrogen) atoms. The predicted molar refractivity (Wildman–Crippen MR) is 56.2 cm³/mol. The minimum absolute atomic E-state index is 0.0104. The molecular formula is C9H15Cl2NO. The molecule has 1 aliphatic rings. The van der Waals surface area contributed by atoms with Crippen molar-refractivity contribution in [3.05, 3.63) is 10.6 Å². The number of nitrogens with one attached hydrogen (secondary N) is 1. The molecule has 76 valence electrons. The van der Waals surface area contributed by atoms with Crippen LogP contribution in [0.1, 0.15) is 19.8 Å². The number of hydrogen-bond acceptors (Lipinski definition) is 2. The van der Waals surface area contributed by atoms with Gasteiger partial charge in [-0.3, -0.25) is 0 Å². The van der Waals surface area contributed by atoms with Gasteiger partial charge in [0, 0.05) is 30.3 Å². The van der Waals surface area contributed by atoms with Crippen molar-refractivity contribution in [1.29, 1.82) is 0 Å². The quantitative estimate of drug-likeness (QED) is 0.791. The number of halogens is 2. The molecule has 0 amide bonds. The molecule has 1 heterocycles. The fourth-order valence-electron chi connectivity index (χ4n) is 1.46. The molecule has 1 N–H and O–H groups in total. The summed E-state index contributed by atoms with van der Waals surface area (Å²) in [4.78, 5) is 0. The van der Waals surface area contributed by atoms with Gasteiger partial charge in [0.15, 0.2) is 0 Å². The molecule has 1 unspecified atom stereocenters. The van der Waals surface area contributed by atoms with Crippen molar-refractivity contribution in [3.63, 3.8) is 0 Å². The molecule has 1 rings (SSSR count). The Kier molecular flexibility index (Phi) is 4.53. The van der Waals surface area contributed by atoms with Crippen LogP contribution in [0.4, 0.5) is 0 Å². The maximum Gasteiger partial charge on any atom is 0.0779 e. The van der Waals surface area contributed by atoms with E-state index in [9.17, 15) is 0 Å². The van der Waals surface area contributed by atoms with Gasteiger partial charge in [0.2, 0.25) is 0 Å². The Morgan fingerprint density at radius 1 is 1.69 bits per heavy atom. The fraction of sp³-hybridized carbons (Fsp3) is 0.778. The van der Waals surface area contributed by atoms with E-state index in [1.54, 1.807) is 0 Å². The molecule has 0 spiro atoms. The Morgan fingerprint density at radius 2 is 2.46 bits per heavy atom. The molecule has 1 saturated heterocycles. The normalized spacial score (nSPS) is 29.6. The minimum Gasteiger partial charge on any atom is -0.374 e. The zero-order valence-corrected chi connectivity index (χ0v) is 9.29. The van der Waals surface area contributed by atoms with Crippen molar-refractivity contribution >= 4 is 23.2 Å². The van der Waals surface area contributed by atoms with E-state index in [1.807, 2.05) is 0 Å². The molecule has 0 aromatic rings. The van der Waals surface area contributed by atoms with Crippen molar-refractivity contribution < 1.29 is 4.74 Å². The van der Waals surface area contributed by atoms with E-state index in [-0.39, 0.29) is 5.60 Å². The zero-order valence-electron chi connectivity index (χ0n) is 7.78. The average molecular weight is 224 g/mol. The smallest absolute Gasteiger partial charge is 0.0779 e. The molecule has 0 aliphatic carbocycles. The highest BCUT2D eigenvalue weighted by Crippen LogP contribution is 2.23. The molecule has 0 aromatic carbocycles. The van der Waals surface area contributed by atoms with Crippen LogP contribution in [0.2, 0.25) is 0 Å². The van der Waals surface area contributed by atoms with E-state index in [0.717, 1.165) is 26.0 Å². The topological polar surface area (TPSA) is 21.3 Å². The molecule has 1 fully saturated rings. The largest absolute Gasteiger partial charge is 0.374 e. The summed E-state index contributed by atoms with van der Waals surface area (Å²) >= 11 is 11.1.